The summed E-state index contributed by atoms with van der Waals surface area (Å²) in [5, 5.41) is 9.34. The topological polar surface area (TPSA) is 33.6 Å². The number of thiophene rings is 1. The van der Waals surface area contributed by atoms with Gasteiger partial charge in [0, 0.05) is 6.54 Å². The Kier molecular flexibility index (Phi) is 3.56. The minimum atomic E-state index is 0.715. The second-order valence-electron chi connectivity index (χ2n) is 3.63. The van der Waals surface area contributed by atoms with Crippen molar-refractivity contribution < 1.29 is 0 Å². The number of nitrogens with one attached hydrogen (secondary N) is 1. The van der Waals surface area contributed by atoms with E-state index in [2.05, 4.69) is 40.1 Å². The Morgan fingerprint density at radius 3 is 3.00 bits per heavy atom. The summed E-state index contributed by atoms with van der Waals surface area (Å²) in [4.78, 5) is 1.24. The molecule has 2 aromatic heterocycles. The second kappa shape index (κ2) is 4.93. The van der Waals surface area contributed by atoms with Crippen molar-refractivity contribution in [1.29, 1.82) is 0 Å². The molecule has 0 saturated carbocycles. The van der Waals surface area contributed by atoms with Crippen LogP contribution < -0.4 is 0 Å². The van der Waals surface area contributed by atoms with Crippen molar-refractivity contribution >= 4 is 23.6 Å². The predicted molar refractivity (Wildman–Crippen MR) is 70.4 cm³/mol. The predicted octanol–water partition coefficient (Wildman–Crippen LogP) is 3.64. The molecule has 3 nitrogen and oxygen atoms in total. The summed E-state index contributed by atoms with van der Waals surface area (Å²) in [6.07, 6.45) is 2.10. The lowest BCUT2D eigenvalue weighted by Crippen LogP contribution is -2.00. The first-order valence-electron chi connectivity index (χ1n) is 5.49. The number of aryl methyl sites for hydroxylation is 1. The summed E-state index contributed by atoms with van der Waals surface area (Å²) in [6.45, 7) is 5.23. The van der Waals surface area contributed by atoms with Gasteiger partial charge in [-0.15, -0.1) is 11.3 Å². The highest BCUT2D eigenvalue weighted by atomic mass is 32.1. The van der Waals surface area contributed by atoms with Crippen LogP contribution in [0.1, 0.15) is 25.8 Å². The molecule has 2 heterocycles. The van der Waals surface area contributed by atoms with Crippen molar-refractivity contribution in [3.05, 3.63) is 21.8 Å². The highest BCUT2D eigenvalue weighted by Crippen LogP contribution is 2.28. The normalized spacial score (nSPS) is 10.9. The maximum atomic E-state index is 5.24. The van der Waals surface area contributed by atoms with Gasteiger partial charge in [0.15, 0.2) is 10.6 Å². The lowest BCUT2D eigenvalue weighted by molar-refractivity contribution is 0.675. The van der Waals surface area contributed by atoms with Gasteiger partial charge < -0.3 is 0 Å². The van der Waals surface area contributed by atoms with Crippen molar-refractivity contribution in [2.45, 2.75) is 33.2 Å². The molecule has 0 fully saturated rings. The Morgan fingerprint density at radius 1 is 1.50 bits per heavy atom. The van der Waals surface area contributed by atoms with Crippen LogP contribution in [0.15, 0.2) is 11.4 Å². The highest BCUT2D eigenvalue weighted by molar-refractivity contribution is 7.71. The first-order chi connectivity index (χ1) is 7.77. The van der Waals surface area contributed by atoms with Crippen molar-refractivity contribution in [3.8, 4) is 10.7 Å². The van der Waals surface area contributed by atoms with Crippen molar-refractivity contribution in [2.24, 2.45) is 0 Å². The average molecular weight is 253 g/mol. The van der Waals surface area contributed by atoms with Crippen LogP contribution in [0, 0.1) is 4.77 Å². The summed E-state index contributed by atoms with van der Waals surface area (Å²) in [7, 11) is 0. The maximum absolute atomic E-state index is 5.24. The summed E-state index contributed by atoms with van der Waals surface area (Å²) in [6, 6.07) is 2.16. The Hall–Kier alpha value is -0.940. The SMILES string of the molecule is CCCn1c(-c2sccc2CC)n[nH]c1=S. The standard InChI is InChI=1S/C11H15N3S2/c1-3-6-14-10(12-13-11(14)15)9-8(4-2)5-7-16-9/h5,7H,3-4,6H2,1-2H3,(H,13,15). The van der Waals surface area contributed by atoms with E-state index in [4.69, 9.17) is 12.2 Å². The number of aromatic amines is 1. The summed E-state index contributed by atoms with van der Waals surface area (Å²) >= 11 is 6.97. The quantitative estimate of drug-likeness (QED) is 0.844. The molecule has 0 unspecified atom stereocenters. The molecule has 16 heavy (non-hydrogen) atoms. The van der Waals surface area contributed by atoms with Gasteiger partial charge in [0.2, 0.25) is 0 Å². The van der Waals surface area contributed by atoms with Gasteiger partial charge in [-0.05, 0) is 42.1 Å². The Balaban J connectivity index is 2.51. The number of hydrogen-bond acceptors (Lipinski definition) is 3. The summed E-state index contributed by atoms with van der Waals surface area (Å²) in [5.74, 6) is 0.985. The van der Waals surface area contributed by atoms with Crippen LogP contribution in [0.2, 0.25) is 0 Å². The van der Waals surface area contributed by atoms with Gasteiger partial charge in [-0.25, -0.2) is 0 Å². The first-order valence-corrected chi connectivity index (χ1v) is 6.78. The van der Waals surface area contributed by atoms with Crippen LogP contribution in [-0.4, -0.2) is 14.8 Å². The van der Waals surface area contributed by atoms with Gasteiger partial charge in [-0.2, -0.15) is 5.10 Å². The lowest BCUT2D eigenvalue weighted by Gasteiger charge is -2.04. The van der Waals surface area contributed by atoms with Crippen LogP contribution in [0.5, 0.6) is 0 Å². The molecule has 0 amide bonds. The van der Waals surface area contributed by atoms with Crippen LogP contribution in [0.3, 0.4) is 0 Å². The molecule has 2 rings (SSSR count). The molecule has 0 atom stereocenters. The van der Waals surface area contributed by atoms with Gasteiger partial charge in [-0.1, -0.05) is 13.8 Å². The lowest BCUT2D eigenvalue weighted by atomic mass is 10.2. The van der Waals surface area contributed by atoms with Gasteiger partial charge in [0.05, 0.1) is 4.88 Å². The fourth-order valence-electron chi connectivity index (χ4n) is 1.73. The average Bonchev–Trinajstić information content (AvgIpc) is 2.87. The van der Waals surface area contributed by atoms with E-state index in [1.54, 1.807) is 11.3 Å². The fraction of sp³-hybridized carbons (Fsp3) is 0.455. The van der Waals surface area contributed by atoms with E-state index < -0.39 is 0 Å². The Labute approximate surface area is 104 Å². The molecule has 5 heteroatoms. The van der Waals surface area contributed by atoms with Gasteiger partial charge in [0.25, 0.3) is 0 Å². The molecule has 0 aliphatic rings. The third-order valence-electron chi connectivity index (χ3n) is 2.54. The number of aromatic nitrogens is 3. The zero-order chi connectivity index (χ0) is 11.5. The first kappa shape index (κ1) is 11.5. The second-order valence-corrected chi connectivity index (χ2v) is 4.94. The van der Waals surface area contributed by atoms with E-state index >= 15 is 0 Å². The molecule has 0 bridgehead atoms. The van der Waals surface area contributed by atoms with Gasteiger partial charge in [-0.3, -0.25) is 9.67 Å². The number of nitrogens with zero attached hydrogens (tertiary/aromatic N) is 2. The van der Waals surface area contributed by atoms with Crippen molar-refractivity contribution in [1.82, 2.24) is 14.8 Å². The molecule has 0 aliphatic heterocycles. The third kappa shape index (κ3) is 1.97. The molecule has 0 aliphatic carbocycles. The molecular weight excluding hydrogens is 238 g/mol. The monoisotopic (exact) mass is 253 g/mol. The van der Waals surface area contributed by atoms with E-state index in [0.29, 0.717) is 4.77 Å². The minimum absolute atomic E-state index is 0.715. The van der Waals surface area contributed by atoms with Crippen LogP contribution in [-0.2, 0) is 13.0 Å². The molecule has 1 N–H and O–H groups in total. The molecule has 2 aromatic rings. The van der Waals surface area contributed by atoms with Crippen LogP contribution in [0.25, 0.3) is 10.7 Å². The zero-order valence-corrected chi connectivity index (χ0v) is 11.1. The van der Waals surface area contributed by atoms with Gasteiger partial charge >= 0.3 is 0 Å². The van der Waals surface area contributed by atoms with Crippen LogP contribution in [0.4, 0.5) is 0 Å². The minimum Gasteiger partial charge on any atom is -0.299 e. The van der Waals surface area contributed by atoms with E-state index in [-0.39, 0.29) is 0 Å². The smallest absolute Gasteiger partial charge is 0.195 e. The van der Waals surface area contributed by atoms with E-state index in [1.807, 2.05) is 0 Å². The number of hydrogen-bond donors (Lipinski definition) is 1. The van der Waals surface area contributed by atoms with E-state index in [9.17, 15) is 0 Å². The molecule has 0 spiro atoms. The van der Waals surface area contributed by atoms with Crippen molar-refractivity contribution in [2.75, 3.05) is 0 Å². The fourth-order valence-corrected chi connectivity index (χ4v) is 2.95. The van der Waals surface area contributed by atoms with E-state index in [1.165, 1.54) is 10.4 Å². The zero-order valence-electron chi connectivity index (χ0n) is 9.49. The van der Waals surface area contributed by atoms with Gasteiger partial charge in [0.1, 0.15) is 0 Å². The molecular formula is C11H15N3S2. The Morgan fingerprint density at radius 2 is 2.31 bits per heavy atom. The molecule has 0 aromatic carbocycles. The molecule has 86 valence electrons. The largest absolute Gasteiger partial charge is 0.299 e. The van der Waals surface area contributed by atoms with Crippen LogP contribution >= 0.6 is 23.6 Å². The maximum Gasteiger partial charge on any atom is 0.195 e. The summed E-state index contributed by atoms with van der Waals surface area (Å²) in [5.41, 5.74) is 1.34. The highest BCUT2D eigenvalue weighted by Gasteiger charge is 2.12. The number of rotatable bonds is 4. The third-order valence-corrected chi connectivity index (χ3v) is 3.80. The summed E-state index contributed by atoms with van der Waals surface area (Å²) < 4.78 is 2.80. The molecule has 0 radical (unpaired) electrons. The van der Waals surface area contributed by atoms with E-state index in [0.717, 1.165) is 25.2 Å². The van der Waals surface area contributed by atoms with Crippen molar-refractivity contribution in [3.63, 3.8) is 0 Å². The Bertz CT molecular complexity index is 521. The molecule has 0 saturated heterocycles. The number of H-pyrrole nitrogens is 1.